The number of fused-ring (bicyclic) bond motifs is 8. The molecule has 1 aliphatic heterocycles. The molecule has 0 N–H and O–H groups in total. The minimum atomic E-state index is -2.00. The first-order chi connectivity index (χ1) is 31.0. The Hall–Kier alpha value is -6.02. The topological polar surface area (TPSA) is 0 Å². The van der Waals surface area contributed by atoms with Crippen LogP contribution in [0.4, 0.5) is 0 Å². The summed E-state index contributed by atoms with van der Waals surface area (Å²) in [4.78, 5) is 0. The lowest BCUT2D eigenvalue weighted by molar-refractivity contribution is 0.750. The van der Waals surface area contributed by atoms with Gasteiger partial charge in [0.15, 0.2) is 0 Å². The van der Waals surface area contributed by atoms with Gasteiger partial charge in [0.1, 0.15) is 0 Å². The van der Waals surface area contributed by atoms with Crippen LogP contribution in [-0.4, -0.2) is 8.07 Å². The van der Waals surface area contributed by atoms with E-state index in [0.717, 1.165) is 51.4 Å². The Labute approximate surface area is 373 Å². The van der Waals surface area contributed by atoms with Crippen LogP contribution >= 0.6 is 0 Å². The molecule has 63 heavy (non-hydrogen) atoms. The highest BCUT2D eigenvalue weighted by atomic mass is 28.3. The summed E-state index contributed by atoms with van der Waals surface area (Å²) >= 11 is 0. The highest BCUT2D eigenvalue weighted by Crippen LogP contribution is 2.53. The third kappa shape index (κ3) is 5.78. The molecule has 4 atom stereocenters. The third-order valence-electron chi connectivity index (χ3n) is 16.2. The standard InChI is InChI=1S/C62H54Si/c1-63(2)58-36-45(46-34-35-54-48-19-10-9-18-47(48)51-23-13-22-50(46)62(51)54)32-33-49(58)55-37-56-57(38-59(55)63)61(44-30-26-42(27-31-44)40-16-7-4-8-17-40)53-21-12-11-20-52(53)60(56)43-28-24-41(25-29-43)39-14-5-3-6-15-39/h3-5,7-10,13-14,16,18-24,26-28,30,32-38,40,44,49,58H,6,11-12,15,17,25,29,31H2,1-2H3. The van der Waals surface area contributed by atoms with Gasteiger partial charge < -0.3 is 0 Å². The molecule has 5 aromatic carbocycles. The van der Waals surface area contributed by atoms with Gasteiger partial charge in [-0.15, -0.1) is 0 Å². The predicted molar refractivity (Wildman–Crippen MR) is 273 cm³/mol. The van der Waals surface area contributed by atoms with Crippen LogP contribution in [0.2, 0.25) is 18.6 Å². The van der Waals surface area contributed by atoms with Crippen LogP contribution in [0.15, 0.2) is 175 Å². The Kier molecular flexibility index (Phi) is 8.64. The molecule has 8 aliphatic rings. The second-order valence-electron chi connectivity index (χ2n) is 19.9. The number of hydrogen-bond donors (Lipinski definition) is 0. The Morgan fingerprint density at radius 2 is 1.35 bits per heavy atom. The largest absolute Gasteiger partial charge is 0.0887 e. The molecular formula is C62H54Si. The van der Waals surface area contributed by atoms with Gasteiger partial charge in [0.2, 0.25) is 0 Å². The number of allylic oxidation sites excluding steroid dienone is 20. The average Bonchev–Trinajstić information content (AvgIpc) is 3.78. The molecule has 0 bridgehead atoms. The van der Waals surface area contributed by atoms with E-state index in [1.54, 1.807) is 16.3 Å². The van der Waals surface area contributed by atoms with Gasteiger partial charge in [-0.05, 0) is 161 Å². The summed E-state index contributed by atoms with van der Waals surface area (Å²) in [5.41, 5.74) is 19.5. The van der Waals surface area contributed by atoms with Crippen LogP contribution in [0.1, 0.15) is 85.5 Å². The van der Waals surface area contributed by atoms with Gasteiger partial charge in [-0.2, -0.15) is 0 Å². The number of rotatable bonds is 5. The van der Waals surface area contributed by atoms with Crippen molar-refractivity contribution in [1.29, 1.82) is 0 Å². The summed E-state index contributed by atoms with van der Waals surface area (Å²) in [7, 11) is -2.00. The first kappa shape index (κ1) is 37.5. The summed E-state index contributed by atoms with van der Waals surface area (Å²) in [5.74, 6) is 1.24. The van der Waals surface area contributed by atoms with E-state index >= 15 is 0 Å². The summed E-state index contributed by atoms with van der Waals surface area (Å²) < 4.78 is 0. The fourth-order valence-corrected chi connectivity index (χ4v) is 16.7. The number of hydrogen-bond acceptors (Lipinski definition) is 0. The minimum Gasteiger partial charge on any atom is -0.0842 e. The van der Waals surface area contributed by atoms with Crippen LogP contribution in [-0.2, 0) is 0 Å². The van der Waals surface area contributed by atoms with Crippen molar-refractivity contribution in [2.75, 3.05) is 0 Å². The minimum absolute atomic E-state index is 0.357. The quantitative estimate of drug-likeness (QED) is 0.152. The molecule has 0 saturated heterocycles. The number of benzene rings is 5. The Morgan fingerprint density at radius 1 is 0.556 bits per heavy atom. The van der Waals surface area contributed by atoms with E-state index in [9.17, 15) is 0 Å². The maximum atomic E-state index is 2.76. The zero-order chi connectivity index (χ0) is 41.8. The highest BCUT2D eigenvalue weighted by molar-refractivity contribution is 6.93. The van der Waals surface area contributed by atoms with Crippen molar-refractivity contribution < 1.29 is 0 Å². The Bertz CT molecular complexity index is 3290. The molecule has 0 saturated carbocycles. The molecule has 306 valence electrons. The summed E-state index contributed by atoms with van der Waals surface area (Å²) in [6, 6.07) is 26.2. The summed E-state index contributed by atoms with van der Waals surface area (Å²) in [5, 5.41) is 10.5. The molecule has 0 spiro atoms. The van der Waals surface area contributed by atoms with Crippen LogP contribution in [0, 0.1) is 5.92 Å². The molecule has 0 amide bonds. The lowest BCUT2D eigenvalue weighted by Crippen LogP contribution is -2.42. The van der Waals surface area contributed by atoms with Gasteiger partial charge >= 0.3 is 0 Å². The van der Waals surface area contributed by atoms with Crippen molar-refractivity contribution >= 4 is 58.1 Å². The zero-order valence-electron chi connectivity index (χ0n) is 36.6. The van der Waals surface area contributed by atoms with Crippen LogP contribution in [0.3, 0.4) is 0 Å². The van der Waals surface area contributed by atoms with Gasteiger partial charge in [-0.25, -0.2) is 0 Å². The average molecular weight is 827 g/mol. The van der Waals surface area contributed by atoms with Crippen molar-refractivity contribution in [3.05, 3.63) is 207 Å². The van der Waals surface area contributed by atoms with Crippen molar-refractivity contribution in [3.8, 4) is 22.3 Å². The zero-order valence-corrected chi connectivity index (χ0v) is 37.6. The second-order valence-corrected chi connectivity index (χ2v) is 24.5. The third-order valence-corrected chi connectivity index (χ3v) is 20.3. The summed E-state index contributed by atoms with van der Waals surface area (Å²) in [6.07, 6.45) is 50.6. The molecule has 0 fully saturated rings. The molecule has 0 aromatic heterocycles. The lowest BCUT2D eigenvalue weighted by atomic mass is 9.77. The molecule has 5 aromatic rings. The van der Waals surface area contributed by atoms with Crippen LogP contribution < -0.4 is 15.6 Å². The van der Waals surface area contributed by atoms with E-state index in [1.807, 2.05) is 0 Å². The van der Waals surface area contributed by atoms with E-state index in [2.05, 4.69) is 183 Å². The molecule has 1 heterocycles. The molecule has 4 unspecified atom stereocenters. The maximum Gasteiger partial charge on any atom is 0.0887 e. The Morgan fingerprint density at radius 3 is 2.13 bits per heavy atom. The monoisotopic (exact) mass is 826 g/mol. The normalized spacial score (nSPS) is 24.4. The second kappa shape index (κ2) is 14.5. The van der Waals surface area contributed by atoms with Gasteiger partial charge in [-0.3, -0.25) is 0 Å². The van der Waals surface area contributed by atoms with E-state index in [1.165, 1.54) is 93.2 Å². The Balaban J connectivity index is 0.972. The summed E-state index contributed by atoms with van der Waals surface area (Å²) in [6.45, 7) is 5.34. The maximum absolute atomic E-state index is 2.76. The van der Waals surface area contributed by atoms with Crippen molar-refractivity contribution in [2.24, 2.45) is 5.92 Å². The van der Waals surface area contributed by atoms with E-state index in [0.29, 0.717) is 23.3 Å². The molecule has 0 nitrogen and oxygen atoms in total. The SMILES string of the molecule is C[Si]1(C)c2cc3c(C4C=CC(C5C=CC=CC5)=CC4)c4c(c(C5=CC=C(C6=CC=CCC6)CC5)c3cc2C2C=CC(c3ccc5c6c(cccc36)-c3ccccc3-5)=CC21)=CCCC=4. The van der Waals surface area contributed by atoms with E-state index < -0.39 is 8.07 Å². The smallest absolute Gasteiger partial charge is 0.0842 e. The van der Waals surface area contributed by atoms with E-state index in [4.69, 9.17) is 0 Å². The molecule has 0 radical (unpaired) electrons. The molecule has 13 rings (SSSR count). The van der Waals surface area contributed by atoms with Crippen molar-refractivity contribution in [3.63, 3.8) is 0 Å². The first-order valence-corrected chi connectivity index (χ1v) is 27.0. The van der Waals surface area contributed by atoms with Crippen molar-refractivity contribution in [2.45, 2.75) is 81.8 Å². The van der Waals surface area contributed by atoms with Gasteiger partial charge in [0.05, 0.1) is 8.07 Å². The van der Waals surface area contributed by atoms with Crippen molar-refractivity contribution in [1.82, 2.24) is 0 Å². The van der Waals surface area contributed by atoms with Gasteiger partial charge in [0.25, 0.3) is 0 Å². The molecule has 1 heteroatoms. The fourth-order valence-electron chi connectivity index (χ4n) is 13.1. The van der Waals surface area contributed by atoms with E-state index in [-0.39, 0.29) is 0 Å². The molecular weight excluding hydrogens is 773 g/mol. The predicted octanol–water partition coefficient (Wildman–Crippen LogP) is 14.5. The first-order valence-electron chi connectivity index (χ1n) is 23.9. The van der Waals surface area contributed by atoms with Crippen LogP contribution in [0.5, 0.6) is 0 Å². The lowest BCUT2D eigenvalue weighted by Gasteiger charge is -2.29. The van der Waals surface area contributed by atoms with Crippen LogP contribution in [0.25, 0.3) is 67.1 Å². The highest BCUT2D eigenvalue weighted by Gasteiger charge is 2.47. The molecule has 7 aliphatic carbocycles. The van der Waals surface area contributed by atoms with Gasteiger partial charge in [0, 0.05) is 17.8 Å². The van der Waals surface area contributed by atoms with Gasteiger partial charge in [-0.1, -0.05) is 188 Å². The fraction of sp³-hybridized carbons (Fsp3) is 0.226.